The molecule has 0 saturated heterocycles. The number of nitriles is 1. The summed E-state index contributed by atoms with van der Waals surface area (Å²) < 4.78 is 1.55. The maximum absolute atomic E-state index is 12.1. The Morgan fingerprint density at radius 1 is 1.35 bits per heavy atom. The van der Waals surface area contributed by atoms with E-state index < -0.39 is 5.92 Å². The van der Waals surface area contributed by atoms with Crippen molar-refractivity contribution in [1.82, 2.24) is 9.78 Å². The highest BCUT2D eigenvalue weighted by Gasteiger charge is 2.23. The van der Waals surface area contributed by atoms with E-state index in [-0.39, 0.29) is 5.78 Å². The molecule has 1 aromatic carbocycles. The van der Waals surface area contributed by atoms with E-state index in [0.717, 1.165) is 0 Å². The van der Waals surface area contributed by atoms with E-state index in [1.807, 2.05) is 24.3 Å². The molecule has 2 rings (SSSR count). The minimum atomic E-state index is -0.786. The zero-order chi connectivity index (χ0) is 12.3. The van der Waals surface area contributed by atoms with Crippen LogP contribution in [-0.2, 0) is 7.05 Å². The third-order valence-electron chi connectivity index (χ3n) is 2.49. The Labute approximate surface area is 99.1 Å². The zero-order valence-electron chi connectivity index (χ0n) is 9.37. The molecule has 0 amide bonds. The van der Waals surface area contributed by atoms with E-state index >= 15 is 0 Å². The van der Waals surface area contributed by atoms with E-state index in [9.17, 15) is 4.79 Å². The Kier molecular flexibility index (Phi) is 3.01. The Morgan fingerprint density at radius 2 is 2.06 bits per heavy atom. The molecule has 1 aromatic heterocycles. The van der Waals surface area contributed by atoms with E-state index in [1.165, 1.54) is 0 Å². The first-order valence-electron chi connectivity index (χ1n) is 5.21. The van der Waals surface area contributed by atoms with Crippen LogP contribution in [0.15, 0.2) is 42.6 Å². The monoisotopic (exact) mass is 225 g/mol. The zero-order valence-corrected chi connectivity index (χ0v) is 9.37. The molecule has 1 unspecified atom stereocenters. The number of aromatic nitrogens is 2. The highest BCUT2D eigenvalue weighted by atomic mass is 16.1. The molecule has 0 aliphatic heterocycles. The van der Waals surface area contributed by atoms with Gasteiger partial charge < -0.3 is 0 Å². The van der Waals surface area contributed by atoms with Crippen molar-refractivity contribution in [2.45, 2.75) is 5.92 Å². The minimum Gasteiger partial charge on any atom is -0.290 e. The van der Waals surface area contributed by atoms with Crippen LogP contribution in [0.25, 0.3) is 0 Å². The quantitative estimate of drug-likeness (QED) is 0.750. The topological polar surface area (TPSA) is 58.7 Å². The molecule has 0 aliphatic rings. The first-order valence-corrected chi connectivity index (χ1v) is 5.21. The van der Waals surface area contributed by atoms with Gasteiger partial charge in [-0.3, -0.25) is 9.48 Å². The number of benzene rings is 1. The molecule has 4 heteroatoms. The molecular weight excluding hydrogens is 214 g/mol. The van der Waals surface area contributed by atoms with Crippen LogP contribution in [0.3, 0.4) is 0 Å². The van der Waals surface area contributed by atoms with Crippen molar-refractivity contribution in [3.63, 3.8) is 0 Å². The second-order valence-corrected chi connectivity index (χ2v) is 3.71. The number of carbonyl (C=O) groups excluding carboxylic acids is 1. The van der Waals surface area contributed by atoms with Crippen molar-refractivity contribution in [3.05, 3.63) is 53.9 Å². The molecule has 4 nitrogen and oxygen atoms in total. The van der Waals surface area contributed by atoms with Crippen molar-refractivity contribution >= 4 is 5.78 Å². The average Bonchev–Trinajstić information content (AvgIpc) is 2.78. The smallest absolute Gasteiger partial charge is 0.204 e. The number of ketones is 1. The van der Waals surface area contributed by atoms with Gasteiger partial charge in [0.15, 0.2) is 0 Å². The third kappa shape index (κ3) is 2.23. The molecule has 84 valence electrons. The lowest BCUT2D eigenvalue weighted by molar-refractivity contribution is 0.0973. The summed E-state index contributed by atoms with van der Waals surface area (Å²) in [5, 5.41) is 13.1. The molecule has 0 saturated carbocycles. The van der Waals surface area contributed by atoms with Gasteiger partial charge in [0.1, 0.15) is 11.6 Å². The number of carbonyl (C=O) groups is 1. The highest BCUT2D eigenvalue weighted by molar-refractivity contribution is 6.01. The molecule has 0 N–H and O–H groups in total. The molecule has 0 aliphatic carbocycles. The second-order valence-electron chi connectivity index (χ2n) is 3.71. The average molecular weight is 225 g/mol. The second kappa shape index (κ2) is 4.62. The van der Waals surface area contributed by atoms with E-state index in [1.54, 1.807) is 36.1 Å². The number of hydrogen-bond acceptors (Lipinski definition) is 3. The standard InChI is InChI=1S/C13H11N3O/c1-16-8-7-12(15-16)13(17)11(9-14)10-5-3-2-4-6-10/h2-8,11H,1H3. The number of nitrogens with zero attached hydrogens (tertiary/aromatic N) is 3. The normalized spacial score (nSPS) is 11.8. The first kappa shape index (κ1) is 11.1. The van der Waals surface area contributed by atoms with Crippen molar-refractivity contribution in [2.75, 3.05) is 0 Å². The summed E-state index contributed by atoms with van der Waals surface area (Å²) in [6, 6.07) is 12.7. The fourth-order valence-electron chi connectivity index (χ4n) is 1.62. The van der Waals surface area contributed by atoms with Gasteiger partial charge in [0.05, 0.1) is 6.07 Å². The molecule has 0 spiro atoms. The van der Waals surface area contributed by atoms with Gasteiger partial charge in [-0.15, -0.1) is 0 Å². The summed E-state index contributed by atoms with van der Waals surface area (Å²) in [4.78, 5) is 12.1. The largest absolute Gasteiger partial charge is 0.290 e. The van der Waals surface area contributed by atoms with Crippen LogP contribution >= 0.6 is 0 Å². The summed E-state index contributed by atoms with van der Waals surface area (Å²) in [5.74, 6) is -1.05. The van der Waals surface area contributed by atoms with Crippen molar-refractivity contribution in [1.29, 1.82) is 5.26 Å². The lowest BCUT2D eigenvalue weighted by atomic mass is 9.94. The van der Waals surface area contributed by atoms with Gasteiger partial charge in [-0.1, -0.05) is 30.3 Å². The molecule has 17 heavy (non-hydrogen) atoms. The summed E-state index contributed by atoms with van der Waals surface area (Å²) in [6.45, 7) is 0. The van der Waals surface area contributed by atoms with E-state index in [2.05, 4.69) is 5.10 Å². The maximum atomic E-state index is 12.1. The Morgan fingerprint density at radius 3 is 2.59 bits per heavy atom. The Balaban J connectivity index is 2.32. The molecule has 0 radical (unpaired) electrons. The van der Waals surface area contributed by atoms with Gasteiger partial charge in [-0.25, -0.2) is 0 Å². The van der Waals surface area contributed by atoms with Crippen LogP contribution in [0.2, 0.25) is 0 Å². The molecular formula is C13H11N3O. The number of rotatable bonds is 3. The fourth-order valence-corrected chi connectivity index (χ4v) is 1.62. The maximum Gasteiger partial charge on any atom is 0.204 e. The van der Waals surface area contributed by atoms with Crippen molar-refractivity contribution < 1.29 is 4.79 Å². The van der Waals surface area contributed by atoms with Gasteiger partial charge in [0.2, 0.25) is 5.78 Å². The third-order valence-corrected chi connectivity index (χ3v) is 2.49. The first-order chi connectivity index (χ1) is 8.22. The fraction of sp³-hybridized carbons (Fsp3) is 0.154. The van der Waals surface area contributed by atoms with Gasteiger partial charge in [0, 0.05) is 13.2 Å². The summed E-state index contributed by atoms with van der Waals surface area (Å²) in [7, 11) is 1.74. The molecule has 0 fully saturated rings. The van der Waals surface area contributed by atoms with Gasteiger partial charge in [-0.2, -0.15) is 10.4 Å². The lowest BCUT2D eigenvalue weighted by Gasteiger charge is -2.05. The van der Waals surface area contributed by atoms with E-state index in [4.69, 9.17) is 5.26 Å². The van der Waals surface area contributed by atoms with Crippen molar-refractivity contribution in [2.24, 2.45) is 7.05 Å². The van der Waals surface area contributed by atoms with E-state index in [0.29, 0.717) is 11.3 Å². The summed E-state index contributed by atoms with van der Waals surface area (Å²) in [6.07, 6.45) is 1.69. The molecule has 1 heterocycles. The van der Waals surface area contributed by atoms with Crippen LogP contribution in [-0.4, -0.2) is 15.6 Å². The predicted molar refractivity (Wildman–Crippen MR) is 62.3 cm³/mol. The highest BCUT2D eigenvalue weighted by Crippen LogP contribution is 2.19. The van der Waals surface area contributed by atoms with Gasteiger partial charge in [-0.05, 0) is 11.6 Å². The van der Waals surface area contributed by atoms with Crippen LogP contribution in [0.5, 0.6) is 0 Å². The van der Waals surface area contributed by atoms with Crippen LogP contribution in [0.1, 0.15) is 22.0 Å². The molecule has 0 bridgehead atoms. The predicted octanol–water partition coefficient (Wildman–Crippen LogP) is 1.91. The summed E-state index contributed by atoms with van der Waals surface area (Å²) in [5.41, 5.74) is 1.02. The molecule has 2 aromatic rings. The van der Waals surface area contributed by atoms with Gasteiger partial charge >= 0.3 is 0 Å². The number of aryl methyl sites for hydroxylation is 1. The number of Topliss-reactive ketones (excluding diaryl/α,β-unsaturated/α-hetero) is 1. The lowest BCUT2D eigenvalue weighted by Crippen LogP contribution is -2.12. The van der Waals surface area contributed by atoms with Crippen molar-refractivity contribution in [3.8, 4) is 6.07 Å². The Bertz CT molecular complexity index is 566. The van der Waals surface area contributed by atoms with Crippen LogP contribution in [0, 0.1) is 11.3 Å². The minimum absolute atomic E-state index is 0.265. The van der Waals surface area contributed by atoms with Crippen LogP contribution in [0.4, 0.5) is 0 Å². The van der Waals surface area contributed by atoms with Gasteiger partial charge in [0.25, 0.3) is 0 Å². The van der Waals surface area contributed by atoms with Crippen LogP contribution < -0.4 is 0 Å². The SMILES string of the molecule is Cn1ccc(C(=O)C(C#N)c2ccccc2)n1. The molecule has 1 atom stereocenters. The number of hydrogen-bond donors (Lipinski definition) is 0. The Hall–Kier alpha value is -2.41. The summed E-state index contributed by atoms with van der Waals surface area (Å²) >= 11 is 0.